The third-order valence-electron chi connectivity index (χ3n) is 3.38. The Hall–Kier alpha value is -2.32. The number of carbonyl (C=O) groups excluding carboxylic acids is 1. The normalized spacial score (nSPS) is 10.4. The van der Waals surface area contributed by atoms with Crippen LogP contribution in [0.4, 0.5) is 5.69 Å². The van der Waals surface area contributed by atoms with Crippen LogP contribution in [0, 0.1) is 10.1 Å². The van der Waals surface area contributed by atoms with Crippen LogP contribution in [0.2, 0.25) is 4.34 Å². The second kappa shape index (κ2) is 8.17. The van der Waals surface area contributed by atoms with Gasteiger partial charge in [0.15, 0.2) is 11.5 Å². The van der Waals surface area contributed by atoms with Crippen molar-refractivity contribution in [1.82, 2.24) is 4.90 Å². The van der Waals surface area contributed by atoms with Crippen molar-refractivity contribution < 1.29 is 19.2 Å². The van der Waals surface area contributed by atoms with Crippen molar-refractivity contribution in [3.63, 3.8) is 0 Å². The van der Waals surface area contributed by atoms with Crippen LogP contribution in [0.1, 0.15) is 22.2 Å². The van der Waals surface area contributed by atoms with Crippen LogP contribution < -0.4 is 9.47 Å². The van der Waals surface area contributed by atoms with E-state index < -0.39 is 10.8 Å². The highest BCUT2D eigenvalue weighted by Crippen LogP contribution is 2.35. The molecule has 2 rings (SSSR count). The molecule has 0 aliphatic rings. The molecule has 9 heteroatoms. The second-order valence-corrected chi connectivity index (χ2v) is 6.88. The van der Waals surface area contributed by atoms with E-state index in [1.165, 1.54) is 35.5 Å². The zero-order valence-corrected chi connectivity index (χ0v) is 15.5. The van der Waals surface area contributed by atoms with Crippen LogP contribution >= 0.6 is 22.9 Å². The molecule has 1 aromatic heterocycles. The minimum atomic E-state index is -0.610. The minimum Gasteiger partial charge on any atom is -0.493 e. The van der Waals surface area contributed by atoms with E-state index in [9.17, 15) is 14.9 Å². The molecule has 0 unspecified atom stereocenters. The van der Waals surface area contributed by atoms with E-state index in [0.29, 0.717) is 17.5 Å². The van der Waals surface area contributed by atoms with Crippen LogP contribution in [0.5, 0.6) is 11.5 Å². The standard InChI is InChI=1S/C16H17ClN2O5S/c1-4-24-14-7-11(12(19(21)22)8-13(14)23-3)16(20)18(2)9-10-5-6-15(17)25-10/h5-8H,4,9H2,1-3H3. The molecule has 0 spiro atoms. The van der Waals surface area contributed by atoms with E-state index in [2.05, 4.69) is 0 Å². The predicted octanol–water partition coefficient (Wildman–Crippen LogP) is 3.99. The highest BCUT2D eigenvalue weighted by atomic mass is 35.5. The third-order valence-corrected chi connectivity index (χ3v) is 4.59. The summed E-state index contributed by atoms with van der Waals surface area (Å²) in [7, 11) is 2.96. The lowest BCUT2D eigenvalue weighted by atomic mass is 10.1. The van der Waals surface area contributed by atoms with Gasteiger partial charge in [0.2, 0.25) is 0 Å². The van der Waals surface area contributed by atoms with Gasteiger partial charge in [-0.05, 0) is 19.1 Å². The topological polar surface area (TPSA) is 81.9 Å². The molecule has 7 nitrogen and oxygen atoms in total. The summed E-state index contributed by atoms with van der Waals surface area (Å²) in [4.78, 5) is 25.8. The van der Waals surface area contributed by atoms with Crippen molar-refractivity contribution in [2.24, 2.45) is 0 Å². The molecule has 0 bridgehead atoms. The molecule has 1 aromatic carbocycles. The van der Waals surface area contributed by atoms with Gasteiger partial charge in [-0.25, -0.2) is 0 Å². The summed E-state index contributed by atoms with van der Waals surface area (Å²) >= 11 is 7.24. The molecule has 1 heterocycles. The minimum absolute atomic E-state index is 0.0561. The summed E-state index contributed by atoms with van der Waals surface area (Å²) in [6, 6.07) is 6.10. The predicted molar refractivity (Wildman–Crippen MR) is 95.9 cm³/mol. The van der Waals surface area contributed by atoms with Gasteiger partial charge in [-0.1, -0.05) is 11.6 Å². The number of hydrogen-bond acceptors (Lipinski definition) is 6. The van der Waals surface area contributed by atoms with E-state index in [4.69, 9.17) is 21.1 Å². The van der Waals surface area contributed by atoms with Crippen LogP contribution in [-0.4, -0.2) is 36.5 Å². The first-order chi connectivity index (χ1) is 11.9. The number of amides is 1. The summed E-state index contributed by atoms with van der Waals surface area (Å²) in [6.07, 6.45) is 0. The zero-order valence-electron chi connectivity index (χ0n) is 13.9. The highest BCUT2D eigenvalue weighted by molar-refractivity contribution is 7.16. The lowest BCUT2D eigenvalue weighted by Gasteiger charge is -2.18. The van der Waals surface area contributed by atoms with Crippen molar-refractivity contribution in [2.75, 3.05) is 20.8 Å². The van der Waals surface area contributed by atoms with Crippen LogP contribution in [0.25, 0.3) is 0 Å². The van der Waals surface area contributed by atoms with E-state index in [0.717, 1.165) is 4.88 Å². The fraction of sp³-hybridized carbons (Fsp3) is 0.312. The van der Waals surface area contributed by atoms with Gasteiger partial charge >= 0.3 is 0 Å². The molecular weight excluding hydrogens is 368 g/mol. The average Bonchev–Trinajstić information content (AvgIpc) is 2.98. The van der Waals surface area contributed by atoms with Crippen molar-refractivity contribution in [2.45, 2.75) is 13.5 Å². The van der Waals surface area contributed by atoms with Gasteiger partial charge in [-0.2, -0.15) is 0 Å². The lowest BCUT2D eigenvalue weighted by Crippen LogP contribution is -2.26. The van der Waals surface area contributed by atoms with Gasteiger partial charge in [0.25, 0.3) is 11.6 Å². The number of thiophene rings is 1. The number of nitro groups is 1. The summed E-state index contributed by atoms with van der Waals surface area (Å²) in [6.45, 7) is 2.41. The largest absolute Gasteiger partial charge is 0.493 e. The van der Waals surface area contributed by atoms with Crippen LogP contribution in [0.3, 0.4) is 0 Å². The van der Waals surface area contributed by atoms with E-state index in [1.54, 1.807) is 20.0 Å². The molecule has 0 saturated heterocycles. The van der Waals surface area contributed by atoms with E-state index in [1.807, 2.05) is 6.07 Å². The molecule has 0 aliphatic heterocycles. The maximum absolute atomic E-state index is 12.7. The Kier molecular flexibility index (Phi) is 6.22. The first-order valence-corrected chi connectivity index (χ1v) is 8.55. The number of rotatable bonds is 7. The number of halogens is 1. The number of nitrogens with zero attached hydrogens (tertiary/aromatic N) is 2. The molecule has 0 N–H and O–H groups in total. The Morgan fingerprint density at radius 2 is 2.08 bits per heavy atom. The molecule has 134 valence electrons. The van der Waals surface area contributed by atoms with E-state index in [-0.39, 0.29) is 22.7 Å². The van der Waals surface area contributed by atoms with Gasteiger partial charge in [-0.15, -0.1) is 11.3 Å². The highest BCUT2D eigenvalue weighted by Gasteiger charge is 2.27. The number of carbonyl (C=O) groups is 1. The number of nitro benzene ring substituents is 1. The average molecular weight is 385 g/mol. The first-order valence-electron chi connectivity index (χ1n) is 7.36. The fourth-order valence-corrected chi connectivity index (χ4v) is 3.39. The monoisotopic (exact) mass is 384 g/mol. The number of methoxy groups -OCH3 is 1. The van der Waals surface area contributed by atoms with Crippen molar-refractivity contribution >= 4 is 34.5 Å². The molecule has 25 heavy (non-hydrogen) atoms. The number of ether oxygens (including phenoxy) is 2. The Morgan fingerprint density at radius 3 is 2.60 bits per heavy atom. The van der Waals surface area contributed by atoms with Crippen LogP contribution in [0.15, 0.2) is 24.3 Å². The summed E-state index contributed by atoms with van der Waals surface area (Å²) in [5, 5.41) is 11.4. The van der Waals surface area contributed by atoms with Gasteiger partial charge in [0, 0.05) is 18.0 Å². The molecule has 0 atom stereocenters. The first kappa shape index (κ1) is 19.0. The molecule has 0 fully saturated rings. The molecule has 0 aliphatic carbocycles. The Balaban J connectivity index is 2.38. The molecule has 1 amide bonds. The van der Waals surface area contributed by atoms with Crippen LogP contribution in [-0.2, 0) is 6.54 Å². The Labute approximate surface area is 153 Å². The molecule has 0 radical (unpaired) electrons. The maximum Gasteiger partial charge on any atom is 0.286 e. The molecule has 2 aromatic rings. The summed E-state index contributed by atoms with van der Waals surface area (Å²) in [5.41, 5.74) is -0.388. The van der Waals surface area contributed by atoms with Crippen molar-refractivity contribution in [3.05, 3.63) is 49.2 Å². The third kappa shape index (κ3) is 4.40. The lowest BCUT2D eigenvalue weighted by molar-refractivity contribution is -0.385. The SMILES string of the molecule is CCOc1cc(C(=O)N(C)Cc2ccc(Cl)s2)c([N+](=O)[O-])cc1OC. The Morgan fingerprint density at radius 1 is 1.36 bits per heavy atom. The summed E-state index contributed by atoms with van der Waals surface area (Å²) < 4.78 is 11.2. The van der Waals surface area contributed by atoms with Crippen molar-refractivity contribution in [3.8, 4) is 11.5 Å². The smallest absolute Gasteiger partial charge is 0.286 e. The van der Waals surface area contributed by atoms with Gasteiger partial charge in [-0.3, -0.25) is 14.9 Å². The zero-order chi connectivity index (χ0) is 18.6. The molecule has 0 saturated carbocycles. The van der Waals surface area contributed by atoms with Gasteiger partial charge in [0.05, 0.1) is 35.6 Å². The fourth-order valence-electron chi connectivity index (χ4n) is 2.25. The maximum atomic E-state index is 12.7. The second-order valence-electron chi connectivity index (χ2n) is 5.08. The number of benzene rings is 1. The van der Waals surface area contributed by atoms with Crippen molar-refractivity contribution in [1.29, 1.82) is 0 Å². The Bertz CT molecular complexity index is 793. The number of hydrogen-bond donors (Lipinski definition) is 0. The van der Waals surface area contributed by atoms with Gasteiger partial charge in [0.1, 0.15) is 5.56 Å². The van der Waals surface area contributed by atoms with Gasteiger partial charge < -0.3 is 14.4 Å². The summed E-state index contributed by atoms with van der Waals surface area (Å²) in [5.74, 6) is 0.00383. The molecular formula is C16H17ClN2O5S. The quantitative estimate of drug-likeness (QED) is 0.532. The van der Waals surface area contributed by atoms with E-state index >= 15 is 0 Å².